The van der Waals surface area contributed by atoms with Crippen molar-refractivity contribution >= 4 is 23.1 Å². The number of aliphatic imine (C=N–C) groups is 1. The fourth-order valence-corrected chi connectivity index (χ4v) is 1.79. The highest BCUT2D eigenvalue weighted by Gasteiger charge is 2.20. The molecule has 0 unspecified atom stereocenters. The molecule has 2 nitrogen and oxygen atoms in total. The maximum absolute atomic E-state index is 5.94. The van der Waals surface area contributed by atoms with Crippen LogP contribution in [-0.2, 0) is 0 Å². The lowest BCUT2D eigenvalue weighted by atomic mass is 9.94. The van der Waals surface area contributed by atoms with Crippen LogP contribution in [0.5, 0.6) is 0 Å². The molecule has 0 amide bonds. The Morgan fingerprint density at radius 1 is 1.25 bits per heavy atom. The van der Waals surface area contributed by atoms with Crippen molar-refractivity contribution in [3.8, 4) is 0 Å². The number of benzene rings is 1. The number of hydrogen-bond acceptors (Lipinski definition) is 1. The summed E-state index contributed by atoms with van der Waals surface area (Å²) >= 11 is 5.94. The zero-order chi connectivity index (χ0) is 12.3. The van der Waals surface area contributed by atoms with Crippen LogP contribution in [-0.4, -0.2) is 24.8 Å². The van der Waals surface area contributed by atoms with Gasteiger partial charge in [0.2, 0.25) is 0 Å². The number of rotatable bonds is 1. The molecule has 1 rings (SSSR count). The Morgan fingerprint density at radius 2 is 1.88 bits per heavy atom. The Kier molecular flexibility index (Phi) is 3.98. The third-order valence-electron chi connectivity index (χ3n) is 2.14. The van der Waals surface area contributed by atoms with Gasteiger partial charge in [-0.1, -0.05) is 38.4 Å². The van der Waals surface area contributed by atoms with Crippen LogP contribution in [0.1, 0.15) is 20.8 Å². The zero-order valence-corrected chi connectivity index (χ0v) is 11.3. The van der Waals surface area contributed by atoms with Crippen LogP contribution in [0.4, 0.5) is 5.69 Å². The van der Waals surface area contributed by atoms with Crippen molar-refractivity contribution in [2.45, 2.75) is 20.8 Å². The van der Waals surface area contributed by atoms with Crippen LogP contribution in [0.3, 0.4) is 0 Å². The summed E-state index contributed by atoms with van der Waals surface area (Å²) in [6.07, 6.45) is 0. The van der Waals surface area contributed by atoms with Crippen molar-refractivity contribution in [3.63, 3.8) is 0 Å². The van der Waals surface area contributed by atoms with Crippen molar-refractivity contribution in [2.24, 2.45) is 10.4 Å². The molecule has 16 heavy (non-hydrogen) atoms. The van der Waals surface area contributed by atoms with Crippen molar-refractivity contribution in [3.05, 3.63) is 29.3 Å². The van der Waals surface area contributed by atoms with E-state index in [2.05, 4.69) is 25.8 Å². The van der Waals surface area contributed by atoms with Crippen LogP contribution in [0.15, 0.2) is 29.3 Å². The van der Waals surface area contributed by atoms with E-state index in [1.54, 1.807) is 0 Å². The summed E-state index contributed by atoms with van der Waals surface area (Å²) in [4.78, 5) is 6.69. The predicted molar refractivity (Wildman–Crippen MR) is 71.7 cm³/mol. The summed E-state index contributed by atoms with van der Waals surface area (Å²) in [5, 5.41) is 0.716. The fourth-order valence-electron chi connectivity index (χ4n) is 1.61. The van der Waals surface area contributed by atoms with E-state index in [1.165, 1.54) is 0 Å². The van der Waals surface area contributed by atoms with E-state index < -0.39 is 0 Å². The highest BCUT2D eigenvalue weighted by atomic mass is 35.5. The second-order valence-electron chi connectivity index (χ2n) is 5.06. The van der Waals surface area contributed by atoms with Crippen molar-refractivity contribution in [1.29, 1.82) is 0 Å². The number of hydrogen-bond donors (Lipinski definition) is 0. The SMILES string of the molecule is CN(C)C(=Nc1cccc(Cl)c1)C(C)(C)C. The number of halogens is 1. The standard InChI is InChI=1S/C13H19ClN2/c1-13(2,3)12(16(4)5)15-11-8-6-7-10(14)9-11/h6-9H,1-5H3. The molecule has 0 aliphatic rings. The Balaban J connectivity index is 3.13. The first kappa shape index (κ1) is 13.0. The second kappa shape index (κ2) is 4.88. The van der Waals surface area contributed by atoms with Crippen molar-refractivity contribution < 1.29 is 0 Å². The van der Waals surface area contributed by atoms with Gasteiger partial charge in [-0.25, -0.2) is 4.99 Å². The lowest BCUT2D eigenvalue weighted by Crippen LogP contribution is -2.33. The van der Waals surface area contributed by atoms with Crippen LogP contribution in [0, 0.1) is 5.41 Å². The van der Waals surface area contributed by atoms with E-state index in [0.29, 0.717) is 5.02 Å². The highest BCUT2D eigenvalue weighted by Crippen LogP contribution is 2.24. The Bertz CT molecular complexity index is 389. The molecule has 0 aromatic heterocycles. The molecule has 0 spiro atoms. The number of amidine groups is 1. The number of nitrogens with zero attached hydrogens (tertiary/aromatic N) is 2. The van der Waals surface area contributed by atoms with Gasteiger partial charge in [-0.3, -0.25) is 0 Å². The van der Waals surface area contributed by atoms with Crippen LogP contribution >= 0.6 is 11.6 Å². The third-order valence-corrected chi connectivity index (χ3v) is 2.37. The first-order valence-electron chi connectivity index (χ1n) is 5.33. The van der Waals surface area contributed by atoms with Crippen LogP contribution in [0.2, 0.25) is 5.02 Å². The molecule has 88 valence electrons. The highest BCUT2D eigenvalue weighted by molar-refractivity contribution is 6.30. The van der Waals surface area contributed by atoms with Gasteiger partial charge in [0, 0.05) is 24.5 Å². The summed E-state index contributed by atoms with van der Waals surface area (Å²) in [7, 11) is 4.02. The summed E-state index contributed by atoms with van der Waals surface area (Å²) in [5.41, 5.74) is 0.914. The smallest absolute Gasteiger partial charge is 0.110 e. The molecule has 0 saturated heterocycles. The summed E-state index contributed by atoms with van der Waals surface area (Å²) in [5.74, 6) is 1.04. The lowest BCUT2D eigenvalue weighted by molar-refractivity contribution is 0.481. The molecule has 0 atom stereocenters. The van der Waals surface area contributed by atoms with Gasteiger partial charge in [-0.05, 0) is 18.2 Å². The molecule has 0 heterocycles. The van der Waals surface area contributed by atoms with Gasteiger partial charge < -0.3 is 4.90 Å². The average molecular weight is 239 g/mol. The first-order chi connectivity index (χ1) is 7.30. The summed E-state index contributed by atoms with van der Waals surface area (Å²) in [6, 6.07) is 7.60. The molecule has 0 fully saturated rings. The molecular formula is C13H19ClN2. The van der Waals surface area contributed by atoms with Gasteiger partial charge in [0.25, 0.3) is 0 Å². The predicted octanol–water partition coefficient (Wildman–Crippen LogP) is 3.98. The van der Waals surface area contributed by atoms with E-state index in [1.807, 2.05) is 43.3 Å². The Labute approximate surface area is 103 Å². The molecule has 0 aliphatic carbocycles. The van der Waals surface area contributed by atoms with Gasteiger partial charge in [0.05, 0.1) is 5.69 Å². The minimum absolute atomic E-state index is 0.0197. The minimum atomic E-state index is 0.0197. The van der Waals surface area contributed by atoms with Crippen molar-refractivity contribution in [1.82, 2.24) is 4.90 Å². The summed E-state index contributed by atoms with van der Waals surface area (Å²) in [6.45, 7) is 6.45. The molecule has 0 saturated carbocycles. The normalized spacial score (nSPS) is 12.8. The van der Waals surface area contributed by atoms with E-state index >= 15 is 0 Å². The Hall–Kier alpha value is -1.02. The second-order valence-corrected chi connectivity index (χ2v) is 5.50. The van der Waals surface area contributed by atoms with Crippen LogP contribution in [0.25, 0.3) is 0 Å². The van der Waals surface area contributed by atoms with Gasteiger partial charge in [0.1, 0.15) is 5.84 Å². The van der Waals surface area contributed by atoms with E-state index in [-0.39, 0.29) is 5.41 Å². The minimum Gasteiger partial charge on any atom is -0.366 e. The molecule has 0 aliphatic heterocycles. The molecule has 1 aromatic carbocycles. The summed E-state index contributed by atoms with van der Waals surface area (Å²) < 4.78 is 0. The topological polar surface area (TPSA) is 15.6 Å². The fraction of sp³-hybridized carbons (Fsp3) is 0.462. The first-order valence-corrected chi connectivity index (χ1v) is 5.70. The Morgan fingerprint density at radius 3 is 2.31 bits per heavy atom. The monoisotopic (exact) mass is 238 g/mol. The largest absolute Gasteiger partial charge is 0.366 e. The van der Waals surface area contributed by atoms with Gasteiger partial charge in [0.15, 0.2) is 0 Å². The molecule has 0 N–H and O–H groups in total. The molecule has 1 aromatic rings. The average Bonchev–Trinajstić information content (AvgIpc) is 2.12. The maximum Gasteiger partial charge on any atom is 0.110 e. The van der Waals surface area contributed by atoms with Gasteiger partial charge >= 0.3 is 0 Å². The maximum atomic E-state index is 5.94. The van der Waals surface area contributed by atoms with Gasteiger partial charge in [-0.2, -0.15) is 0 Å². The van der Waals surface area contributed by atoms with Gasteiger partial charge in [-0.15, -0.1) is 0 Å². The van der Waals surface area contributed by atoms with Crippen LogP contribution < -0.4 is 0 Å². The zero-order valence-electron chi connectivity index (χ0n) is 10.6. The van der Waals surface area contributed by atoms with E-state index in [0.717, 1.165) is 11.5 Å². The molecule has 3 heteroatoms. The molecule has 0 radical (unpaired) electrons. The van der Waals surface area contributed by atoms with E-state index in [9.17, 15) is 0 Å². The lowest BCUT2D eigenvalue weighted by Gasteiger charge is -2.27. The van der Waals surface area contributed by atoms with Crippen molar-refractivity contribution in [2.75, 3.05) is 14.1 Å². The molecular weight excluding hydrogens is 220 g/mol. The third kappa shape index (κ3) is 3.53. The quantitative estimate of drug-likeness (QED) is 0.534. The van der Waals surface area contributed by atoms with E-state index in [4.69, 9.17) is 11.6 Å². The molecule has 0 bridgehead atoms.